The second-order valence-electron chi connectivity index (χ2n) is 4.82. The molecule has 0 aliphatic rings. The molecular formula is C13H14F3NO3S3. The van der Waals surface area contributed by atoms with Gasteiger partial charge in [-0.15, -0.1) is 22.7 Å². The molecule has 4 nitrogen and oxygen atoms in total. The van der Waals surface area contributed by atoms with Crippen molar-refractivity contribution in [3.05, 3.63) is 44.8 Å². The van der Waals surface area contributed by atoms with Crippen LogP contribution in [0.25, 0.3) is 0 Å². The summed E-state index contributed by atoms with van der Waals surface area (Å²) in [7, 11) is -4.15. The van der Waals surface area contributed by atoms with Crippen LogP contribution in [0, 0.1) is 0 Å². The van der Waals surface area contributed by atoms with Crippen LogP contribution in [0.3, 0.4) is 0 Å². The molecule has 0 spiro atoms. The molecule has 10 heteroatoms. The van der Waals surface area contributed by atoms with Crippen LogP contribution in [0.2, 0.25) is 0 Å². The minimum atomic E-state index is -4.55. The standard InChI is InChI=1S/C13H14F3NO3S3/c14-13(15,16)5-8-23(19,20)17-9-12(18,10-3-1-6-21-10)11-4-2-7-22-11/h1-4,6-7,17-18H,5,8-9H2. The lowest BCUT2D eigenvalue weighted by atomic mass is 10.0. The molecule has 0 fully saturated rings. The summed E-state index contributed by atoms with van der Waals surface area (Å²) >= 11 is 2.48. The van der Waals surface area contributed by atoms with Gasteiger partial charge in [0.2, 0.25) is 10.0 Å². The quantitative estimate of drug-likeness (QED) is 0.770. The van der Waals surface area contributed by atoms with Gasteiger partial charge in [-0.25, -0.2) is 13.1 Å². The van der Waals surface area contributed by atoms with Crippen LogP contribution in [-0.4, -0.2) is 32.0 Å². The molecule has 0 saturated carbocycles. The molecule has 0 radical (unpaired) electrons. The molecule has 128 valence electrons. The van der Waals surface area contributed by atoms with Crippen LogP contribution < -0.4 is 4.72 Å². The lowest BCUT2D eigenvalue weighted by Crippen LogP contribution is -2.41. The van der Waals surface area contributed by atoms with Gasteiger partial charge in [-0.05, 0) is 22.9 Å². The third-order valence-electron chi connectivity index (χ3n) is 3.06. The number of rotatable bonds is 7. The fraction of sp³-hybridized carbons (Fsp3) is 0.385. The van der Waals surface area contributed by atoms with Crippen LogP contribution in [-0.2, 0) is 15.6 Å². The van der Waals surface area contributed by atoms with E-state index < -0.39 is 40.5 Å². The monoisotopic (exact) mass is 385 g/mol. The summed E-state index contributed by atoms with van der Waals surface area (Å²) in [6.07, 6.45) is -5.98. The second-order valence-corrected chi connectivity index (χ2v) is 8.64. The summed E-state index contributed by atoms with van der Waals surface area (Å²) in [4.78, 5) is 1.02. The van der Waals surface area contributed by atoms with E-state index in [4.69, 9.17) is 0 Å². The fourth-order valence-corrected chi connectivity index (χ4v) is 4.67. The Morgan fingerprint density at radius 2 is 1.61 bits per heavy atom. The molecule has 0 amide bonds. The number of aliphatic hydroxyl groups is 1. The zero-order chi connectivity index (χ0) is 17.1. The van der Waals surface area contributed by atoms with Crippen LogP contribution in [0.15, 0.2) is 35.0 Å². The Labute approximate surface area is 139 Å². The third-order valence-corrected chi connectivity index (χ3v) is 6.43. The van der Waals surface area contributed by atoms with Gasteiger partial charge in [0.1, 0.15) is 5.60 Å². The summed E-state index contributed by atoms with van der Waals surface area (Å²) in [5.74, 6) is -1.07. The van der Waals surface area contributed by atoms with Crippen LogP contribution in [0.4, 0.5) is 13.2 Å². The number of hydrogen-bond donors (Lipinski definition) is 2. The topological polar surface area (TPSA) is 66.4 Å². The van der Waals surface area contributed by atoms with Crippen molar-refractivity contribution in [2.75, 3.05) is 12.3 Å². The van der Waals surface area contributed by atoms with Crippen molar-refractivity contribution >= 4 is 32.7 Å². The van der Waals surface area contributed by atoms with E-state index in [-0.39, 0.29) is 0 Å². The number of hydrogen-bond acceptors (Lipinski definition) is 5. The van der Waals surface area contributed by atoms with Gasteiger partial charge in [0.05, 0.1) is 12.2 Å². The molecule has 0 aromatic carbocycles. The molecule has 0 atom stereocenters. The SMILES string of the molecule is O=S(=O)(CCC(F)(F)F)NCC(O)(c1cccs1)c1cccs1. The predicted octanol–water partition coefficient (Wildman–Crippen LogP) is 2.92. The van der Waals surface area contributed by atoms with Crippen molar-refractivity contribution in [3.8, 4) is 0 Å². The predicted molar refractivity (Wildman–Crippen MR) is 84.1 cm³/mol. The van der Waals surface area contributed by atoms with E-state index >= 15 is 0 Å². The largest absolute Gasteiger partial charge is 0.390 e. The lowest BCUT2D eigenvalue weighted by Gasteiger charge is -2.26. The number of thiophene rings is 2. The summed E-state index contributed by atoms with van der Waals surface area (Å²) in [5.41, 5.74) is -1.60. The first-order valence-electron chi connectivity index (χ1n) is 6.47. The maximum Gasteiger partial charge on any atom is 0.390 e. The van der Waals surface area contributed by atoms with E-state index in [2.05, 4.69) is 4.72 Å². The first-order chi connectivity index (χ1) is 10.6. The zero-order valence-corrected chi connectivity index (χ0v) is 14.2. The van der Waals surface area contributed by atoms with Gasteiger partial charge in [-0.2, -0.15) is 13.2 Å². The van der Waals surface area contributed by atoms with Gasteiger partial charge in [0.25, 0.3) is 0 Å². The molecule has 0 unspecified atom stereocenters. The average Bonchev–Trinajstić information content (AvgIpc) is 3.14. The van der Waals surface area contributed by atoms with Crippen molar-refractivity contribution in [1.29, 1.82) is 0 Å². The van der Waals surface area contributed by atoms with Crippen LogP contribution >= 0.6 is 22.7 Å². The second kappa shape index (κ2) is 6.89. The Morgan fingerprint density at radius 3 is 2.00 bits per heavy atom. The third kappa shape index (κ3) is 5.01. The minimum Gasteiger partial charge on any atom is -0.377 e. The van der Waals surface area contributed by atoms with E-state index in [9.17, 15) is 26.7 Å². The van der Waals surface area contributed by atoms with Crippen molar-refractivity contribution in [1.82, 2.24) is 4.72 Å². The molecular weight excluding hydrogens is 371 g/mol. The molecule has 0 aliphatic carbocycles. The molecule has 2 heterocycles. The highest BCUT2D eigenvalue weighted by Crippen LogP contribution is 2.35. The highest BCUT2D eigenvalue weighted by Gasteiger charge is 2.36. The smallest absolute Gasteiger partial charge is 0.377 e. The number of nitrogens with one attached hydrogen (secondary N) is 1. The minimum absolute atomic E-state index is 0.422. The Bertz CT molecular complexity index is 675. The Balaban J connectivity index is 2.14. The molecule has 2 aromatic heterocycles. The van der Waals surface area contributed by atoms with Gasteiger partial charge in [-0.1, -0.05) is 12.1 Å². The van der Waals surface area contributed by atoms with E-state index in [1.807, 2.05) is 0 Å². The average molecular weight is 385 g/mol. The molecule has 2 N–H and O–H groups in total. The van der Waals surface area contributed by atoms with Crippen LogP contribution in [0.5, 0.6) is 0 Å². The van der Waals surface area contributed by atoms with Crippen molar-refractivity contribution in [3.63, 3.8) is 0 Å². The molecule has 23 heavy (non-hydrogen) atoms. The number of alkyl halides is 3. The van der Waals surface area contributed by atoms with Gasteiger partial charge in [0.15, 0.2) is 0 Å². The Morgan fingerprint density at radius 1 is 1.09 bits per heavy atom. The van der Waals surface area contributed by atoms with E-state index in [1.165, 1.54) is 22.7 Å². The summed E-state index contributed by atoms with van der Waals surface area (Å²) in [6, 6.07) is 6.70. The summed E-state index contributed by atoms with van der Waals surface area (Å²) in [6.45, 7) is -0.422. The first kappa shape index (κ1) is 18.4. The van der Waals surface area contributed by atoms with Gasteiger partial charge in [0, 0.05) is 16.3 Å². The van der Waals surface area contributed by atoms with E-state index in [0.29, 0.717) is 9.75 Å². The number of halogens is 3. The van der Waals surface area contributed by atoms with Gasteiger partial charge < -0.3 is 5.11 Å². The Hall–Kier alpha value is -0.940. The zero-order valence-electron chi connectivity index (χ0n) is 11.7. The molecule has 2 aromatic rings. The lowest BCUT2D eigenvalue weighted by molar-refractivity contribution is -0.129. The Kier molecular flexibility index (Phi) is 5.52. The number of sulfonamides is 1. The van der Waals surface area contributed by atoms with Crippen molar-refractivity contribution in [2.45, 2.75) is 18.2 Å². The normalized spacial score (nSPS) is 13.4. The van der Waals surface area contributed by atoms with Crippen LogP contribution in [0.1, 0.15) is 16.2 Å². The van der Waals surface area contributed by atoms with E-state index in [1.54, 1.807) is 35.0 Å². The first-order valence-corrected chi connectivity index (χ1v) is 9.88. The van der Waals surface area contributed by atoms with Crippen molar-refractivity contribution < 1.29 is 26.7 Å². The van der Waals surface area contributed by atoms with Crippen molar-refractivity contribution in [2.24, 2.45) is 0 Å². The highest BCUT2D eigenvalue weighted by atomic mass is 32.2. The maximum absolute atomic E-state index is 12.2. The van der Waals surface area contributed by atoms with Gasteiger partial charge >= 0.3 is 6.18 Å². The molecule has 2 rings (SSSR count). The molecule has 0 bridgehead atoms. The fourth-order valence-electron chi connectivity index (χ4n) is 1.86. The van der Waals surface area contributed by atoms with Gasteiger partial charge in [-0.3, -0.25) is 0 Å². The summed E-state index contributed by atoms with van der Waals surface area (Å²) in [5, 5.41) is 14.4. The van der Waals surface area contributed by atoms with E-state index in [0.717, 1.165) is 0 Å². The molecule has 0 saturated heterocycles. The summed E-state index contributed by atoms with van der Waals surface area (Å²) < 4.78 is 62.1. The highest BCUT2D eigenvalue weighted by molar-refractivity contribution is 7.89. The molecule has 0 aliphatic heterocycles. The maximum atomic E-state index is 12.2.